The van der Waals surface area contributed by atoms with Crippen molar-refractivity contribution in [1.82, 2.24) is 4.31 Å². The van der Waals surface area contributed by atoms with Gasteiger partial charge in [0.2, 0.25) is 15.9 Å². The smallest absolute Gasteiger partial charge is 0.337 e. The summed E-state index contributed by atoms with van der Waals surface area (Å²) in [4.78, 5) is 36.5. The van der Waals surface area contributed by atoms with Crippen molar-refractivity contribution >= 4 is 33.6 Å². The minimum atomic E-state index is -3.93. The van der Waals surface area contributed by atoms with Crippen LogP contribution in [0.15, 0.2) is 35.2 Å². The highest BCUT2D eigenvalue weighted by Crippen LogP contribution is 2.24. The quantitative estimate of drug-likeness (QED) is 0.628. The summed E-state index contributed by atoms with van der Waals surface area (Å²) >= 11 is 0. The van der Waals surface area contributed by atoms with Gasteiger partial charge in [-0.15, -0.1) is 0 Å². The van der Waals surface area contributed by atoms with Crippen LogP contribution >= 0.6 is 0 Å². The second-order valence-electron chi connectivity index (χ2n) is 7.32. The van der Waals surface area contributed by atoms with Gasteiger partial charge >= 0.3 is 11.9 Å². The van der Waals surface area contributed by atoms with Gasteiger partial charge in [-0.1, -0.05) is 17.7 Å². The number of hydrogen-bond acceptors (Lipinski definition) is 7. The first-order valence-electron chi connectivity index (χ1n) is 9.56. The SMILES string of the molecule is COC(=O)c1cc(NC(=O)CN(C)S(=O)(=O)c2c(C)cc(C)cc2C)cc(C(=O)OC)c1. The number of amides is 1. The summed E-state index contributed by atoms with van der Waals surface area (Å²) < 4.78 is 36.4. The predicted molar refractivity (Wildman–Crippen MR) is 118 cm³/mol. The van der Waals surface area contributed by atoms with E-state index < -0.39 is 34.4 Å². The van der Waals surface area contributed by atoms with Gasteiger partial charge in [-0.2, -0.15) is 4.31 Å². The van der Waals surface area contributed by atoms with Crippen molar-refractivity contribution in [2.45, 2.75) is 25.7 Å². The van der Waals surface area contributed by atoms with E-state index in [1.165, 1.54) is 39.5 Å². The van der Waals surface area contributed by atoms with Crippen LogP contribution in [0.5, 0.6) is 0 Å². The summed E-state index contributed by atoms with van der Waals surface area (Å²) in [6.07, 6.45) is 0. The molecule has 1 N–H and O–H groups in total. The van der Waals surface area contributed by atoms with E-state index in [1.807, 2.05) is 6.92 Å². The highest BCUT2D eigenvalue weighted by molar-refractivity contribution is 7.89. The Labute approximate surface area is 187 Å². The Morgan fingerprint density at radius 1 is 0.875 bits per heavy atom. The Hall–Kier alpha value is -3.24. The molecule has 0 saturated carbocycles. The number of likely N-dealkylation sites (N-methyl/N-ethyl adjacent to an activating group) is 1. The third kappa shape index (κ3) is 5.51. The van der Waals surface area contributed by atoms with Crippen LogP contribution in [0, 0.1) is 20.8 Å². The Kier molecular flexibility index (Phi) is 7.76. The number of carbonyl (C=O) groups excluding carboxylic acids is 3. The summed E-state index contributed by atoms with van der Waals surface area (Å²) in [5.74, 6) is -2.08. The van der Waals surface area contributed by atoms with Gasteiger partial charge in [0.25, 0.3) is 0 Å². The number of anilines is 1. The lowest BCUT2D eigenvalue weighted by molar-refractivity contribution is -0.116. The van der Waals surface area contributed by atoms with Crippen LogP contribution in [0.2, 0.25) is 0 Å². The lowest BCUT2D eigenvalue weighted by Crippen LogP contribution is -2.35. The van der Waals surface area contributed by atoms with Gasteiger partial charge < -0.3 is 14.8 Å². The third-order valence-corrected chi connectivity index (χ3v) is 6.81. The molecule has 0 aromatic heterocycles. The fourth-order valence-electron chi connectivity index (χ4n) is 3.39. The Morgan fingerprint density at radius 3 is 1.78 bits per heavy atom. The topological polar surface area (TPSA) is 119 Å². The number of benzene rings is 2. The van der Waals surface area contributed by atoms with Gasteiger partial charge in [0.1, 0.15) is 0 Å². The molecule has 0 aliphatic rings. The fourth-order valence-corrected chi connectivity index (χ4v) is 4.92. The average molecular weight is 463 g/mol. The van der Waals surface area contributed by atoms with Crippen molar-refractivity contribution in [3.63, 3.8) is 0 Å². The van der Waals surface area contributed by atoms with Crippen molar-refractivity contribution in [1.29, 1.82) is 0 Å². The maximum Gasteiger partial charge on any atom is 0.337 e. The number of nitrogens with zero attached hydrogens (tertiary/aromatic N) is 1. The molecule has 0 fully saturated rings. The zero-order valence-corrected chi connectivity index (χ0v) is 19.6. The number of nitrogens with one attached hydrogen (secondary N) is 1. The molecule has 0 bridgehead atoms. The van der Waals surface area contributed by atoms with E-state index in [4.69, 9.17) is 0 Å². The van der Waals surface area contributed by atoms with Crippen molar-refractivity contribution in [2.75, 3.05) is 33.1 Å². The van der Waals surface area contributed by atoms with E-state index in [0.717, 1.165) is 9.87 Å². The van der Waals surface area contributed by atoms with Crippen LogP contribution in [0.25, 0.3) is 0 Å². The van der Waals surface area contributed by atoms with Crippen LogP contribution < -0.4 is 5.32 Å². The molecule has 0 radical (unpaired) electrons. The number of hydrogen-bond donors (Lipinski definition) is 1. The van der Waals surface area contributed by atoms with Gasteiger partial charge in [-0.3, -0.25) is 4.79 Å². The van der Waals surface area contributed by atoms with Crippen LogP contribution in [0.1, 0.15) is 37.4 Å². The van der Waals surface area contributed by atoms with Crippen LogP contribution in [-0.4, -0.2) is 58.4 Å². The highest BCUT2D eigenvalue weighted by atomic mass is 32.2. The van der Waals surface area contributed by atoms with Crippen molar-refractivity contribution in [3.8, 4) is 0 Å². The molecule has 0 aliphatic heterocycles. The summed E-state index contributed by atoms with van der Waals surface area (Å²) in [6.45, 7) is 4.80. The number of ether oxygens (including phenoxy) is 2. The number of carbonyl (C=O) groups is 3. The molecule has 172 valence electrons. The van der Waals surface area contributed by atoms with Crippen molar-refractivity contribution in [2.24, 2.45) is 0 Å². The van der Waals surface area contributed by atoms with Crippen LogP contribution in [-0.2, 0) is 24.3 Å². The predicted octanol–water partition coefficient (Wildman–Crippen LogP) is 2.44. The second kappa shape index (κ2) is 9.92. The van der Waals surface area contributed by atoms with Crippen LogP contribution in [0.3, 0.4) is 0 Å². The van der Waals surface area contributed by atoms with E-state index in [9.17, 15) is 22.8 Å². The Balaban J connectivity index is 2.28. The molecule has 0 spiro atoms. The molecule has 0 aliphatic carbocycles. The molecule has 2 aromatic carbocycles. The third-order valence-electron chi connectivity index (χ3n) is 4.70. The zero-order valence-electron chi connectivity index (χ0n) is 18.8. The van der Waals surface area contributed by atoms with Gasteiger partial charge in [0, 0.05) is 12.7 Å². The molecular formula is C22H26N2O7S. The number of esters is 2. The molecule has 32 heavy (non-hydrogen) atoms. The van der Waals surface area contributed by atoms with E-state index in [1.54, 1.807) is 26.0 Å². The molecule has 1 amide bonds. The first kappa shape index (κ1) is 25.0. The van der Waals surface area contributed by atoms with Gasteiger partial charge in [-0.05, 0) is 50.1 Å². The van der Waals surface area contributed by atoms with Gasteiger partial charge in [0.15, 0.2) is 0 Å². The molecule has 0 unspecified atom stereocenters. The van der Waals surface area contributed by atoms with Crippen molar-refractivity contribution < 1.29 is 32.3 Å². The molecule has 10 heteroatoms. The standard InChI is InChI=1S/C22H26N2O7S/c1-13-7-14(2)20(15(3)8-13)32(28,29)24(4)12-19(25)23-18-10-16(21(26)30-5)9-17(11-18)22(27)31-6/h7-11H,12H2,1-6H3,(H,23,25). The molecule has 9 nitrogen and oxygen atoms in total. The molecule has 2 aromatic rings. The maximum atomic E-state index is 13.1. The largest absolute Gasteiger partial charge is 0.465 e. The van der Waals surface area contributed by atoms with E-state index in [0.29, 0.717) is 11.1 Å². The summed E-state index contributed by atoms with van der Waals surface area (Å²) in [7, 11) is -0.266. The molecular weight excluding hydrogens is 436 g/mol. The highest BCUT2D eigenvalue weighted by Gasteiger charge is 2.27. The van der Waals surface area contributed by atoms with Gasteiger partial charge in [-0.25, -0.2) is 18.0 Å². The Bertz CT molecular complexity index is 1120. The molecule has 0 atom stereocenters. The second-order valence-corrected chi connectivity index (χ2v) is 9.30. The van der Waals surface area contributed by atoms with E-state index >= 15 is 0 Å². The Morgan fingerprint density at radius 2 is 1.34 bits per heavy atom. The minimum Gasteiger partial charge on any atom is -0.465 e. The van der Waals surface area contributed by atoms with Gasteiger partial charge in [0.05, 0.1) is 36.8 Å². The summed E-state index contributed by atoms with van der Waals surface area (Å²) in [6, 6.07) is 7.44. The van der Waals surface area contributed by atoms with E-state index in [-0.39, 0.29) is 21.7 Å². The number of rotatable bonds is 7. The molecule has 2 rings (SSSR count). The summed E-state index contributed by atoms with van der Waals surface area (Å²) in [5.41, 5.74) is 2.28. The fraction of sp³-hybridized carbons (Fsp3) is 0.318. The first-order valence-corrected chi connectivity index (χ1v) is 11.0. The maximum absolute atomic E-state index is 13.1. The minimum absolute atomic E-state index is 0.0255. The molecule has 0 saturated heterocycles. The monoisotopic (exact) mass is 462 g/mol. The van der Waals surface area contributed by atoms with Crippen molar-refractivity contribution in [3.05, 3.63) is 58.1 Å². The number of sulfonamides is 1. The number of aryl methyl sites for hydroxylation is 3. The van der Waals surface area contributed by atoms with Crippen LogP contribution in [0.4, 0.5) is 5.69 Å². The summed E-state index contributed by atoms with van der Waals surface area (Å²) in [5, 5.41) is 2.51. The first-order chi connectivity index (χ1) is 14.9. The normalized spacial score (nSPS) is 11.2. The average Bonchev–Trinajstić information content (AvgIpc) is 2.70. The zero-order chi connectivity index (χ0) is 24.2. The lowest BCUT2D eigenvalue weighted by atomic mass is 10.1. The number of methoxy groups -OCH3 is 2. The molecule has 0 heterocycles. The lowest BCUT2D eigenvalue weighted by Gasteiger charge is -2.20. The van der Waals surface area contributed by atoms with E-state index in [2.05, 4.69) is 14.8 Å².